The minimum atomic E-state index is 0.157. The van der Waals surface area contributed by atoms with Crippen LogP contribution < -0.4 is 0 Å². The van der Waals surface area contributed by atoms with Crippen molar-refractivity contribution in [1.82, 2.24) is 4.90 Å². The van der Waals surface area contributed by atoms with Crippen LogP contribution in [-0.2, 0) is 0 Å². The monoisotopic (exact) mass is 182 g/mol. The molecule has 13 heavy (non-hydrogen) atoms. The molecule has 1 atom stereocenters. The Morgan fingerprint density at radius 1 is 1.31 bits per heavy atom. The molecule has 0 saturated heterocycles. The molecule has 2 heteroatoms. The van der Waals surface area contributed by atoms with Crippen LogP contribution in [0.5, 0.6) is 0 Å². The van der Waals surface area contributed by atoms with E-state index in [4.69, 9.17) is 5.26 Å². The molecule has 0 heterocycles. The Morgan fingerprint density at radius 3 is 2.38 bits per heavy atom. The van der Waals surface area contributed by atoms with E-state index < -0.39 is 0 Å². The summed E-state index contributed by atoms with van der Waals surface area (Å²) in [6.07, 6.45) is 2.53. The SMILES string of the molecule is CC(C)CCCN(C)CC(C)C#N. The van der Waals surface area contributed by atoms with Gasteiger partial charge in [0.05, 0.1) is 12.0 Å². The molecule has 76 valence electrons. The maximum Gasteiger partial charge on any atom is 0.0666 e. The lowest BCUT2D eigenvalue weighted by atomic mass is 10.1. The fourth-order valence-corrected chi connectivity index (χ4v) is 1.37. The zero-order valence-electron chi connectivity index (χ0n) is 9.38. The van der Waals surface area contributed by atoms with Gasteiger partial charge in [0.15, 0.2) is 0 Å². The van der Waals surface area contributed by atoms with Crippen LogP contribution in [0.3, 0.4) is 0 Å². The van der Waals surface area contributed by atoms with E-state index in [1.807, 2.05) is 6.92 Å². The molecule has 0 N–H and O–H groups in total. The molecule has 0 aromatic heterocycles. The van der Waals surface area contributed by atoms with Crippen LogP contribution >= 0.6 is 0 Å². The van der Waals surface area contributed by atoms with Crippen molar-refractivity contribution < 1.29 is 0 Å². The van der Waals surface area contributed by atoms with E-state index in [-0.39, 0.29) is 5.92 Å². The Labute approximate surface area is 82.5 Å². The number of nitriles is 1. The van der Waals surface area contributed by atoms with E-state index in [0.717, 1.165) is 19.0 Å². The molecule has 0 amide bonds. The summed E-state index contributed by atoms with van der Waals surface area (Å²) in [7, 11) is 2.09. The standard InChI is InChI=1S/C11H22N2/c1-10(2)6-5-7-13(4)9-11(3)8-12/h10-11H,5-7,9H2,1-4H3. The maximum atomic E-state index is 8.62. The van der Waals surface area contributed by atoms with Crippen molar-refractivity contribution >= 4 is 0 Å². The topological polar surface area (TPSA) is 27.0 Å². The third-order valence-corrected chi connectivity index (χ3v) is 2.13. The van der Waals surface area contributed by atoms with Gasteiger partial charge in [0.2, 0.25) is 0 Å². The summed E-state index contributed by atoms with van der Waals surface area (Å²) < 4.78 is 0. The number of rotatable bonds is 6. The number of nitrogens with zero attached hydrogens (tertiary/aromatic N) is 2. The average Bonchev–Trinajstić information content (AvgIpc) is 2.03. The van der Waals surface area contributed by atoms with E-state index >= 15 is 0 Å². The normalized spacial score (nSPS) is 13.3. The third kappa shape index (κ3) is 7.80. The minimum absolute atomic E-state index is 0.157. The molecular weight excluding hydrogens is 160 g/mol. The zero-order valence-corrected chi connectivity index (χ0v) is 9.38. The molecule has 0 aromatic carbocycles. The molecule has 0 aromatic rings. The van der Waals surface area contributed by atoms with Crippen molar-refractivity contribution in [3.8, 4) is 6.07 Å². The fourth-order valence-electron chi connectivity index (χ4n) is 1.37. The molecule has 0 bridgehead atoms. The summed E-state index contributed by atoms with van der Waals surface area (Å²) in [5.41, 5.74) is 0. The zero-order chi connectivity index (χ0) is 10.3. The summed E-state index contributed by atoms with van der Waals surface area (Å²) in [4.78, 5) is 2.25. The van der Waals surface area contributed by atoms with Crippen molar-refractivity contribution in [3.05, 3.63) is 0 Å². The first-order valence-electron chi connectivity index (χ1n) is 5.14. The Morgan fingerprint density at radius 2 is 1.92 bits per heavy atom. The number of hydrogen-bond donors (Lipinski definition) is 0. The Kier molecular flexibility index (Phi) is 6.62. The summed E-state index contributed by atoms with van der Waals surface area (Å²) in [5, 5.41) is 8.62. The lowest BCUT2D eigenvalue weighted by molar-refractivity contribution is 0.297. The molecule has 0 aliphatic heterocycles. The summed E-state index contributed by atoms with van der Waals surface area (Å²) >= 11 is 0. The molecular formula is C11H22N2. The van der Waals surface area contributed by atoms with Gasteiger partial charge in [-0.05, 0) is 39.3 Å². The van der Waals surface area contributed by atoms with Crippen LogP contribution in [0.2, 0.25) is 0 Å². The first-order chi connectivity index (χ1) is 6.06. The van der Waals surface area contributed by atoms with Gasteiger partial charge in [-0.25, -0.2) is 0 Å². The van der Waals surface area contributed by atoms with Crippen molar-refractivity contribution in [2.75, 3.05) is 20.1 Å². The first-order valence-corrected chi connectivity index (χ1v) is 5.14. The Balaban J connectivity index is 3.41. The van der Waals surface area contributed by atoms with Crippen molar-refractivity contribution in [3.63, 3.8) is 0 Å². The molecule has 0 fully saturated rings. The molecule has 0 spiro atoms. The molecule has 0 radical (unpaired) electrons. The van der Waals surface area contributed by atoms with E-state index in [1.54, 1.807) is 0 Å². The van der Waals surface area contributed by atoms with Gasteiger partial charge in [0.25, 0.3) is 0 Å². The van der Waals surface area contributed by atoms with Crippen LogP contribution in [0.15, 0.2) is 0 Å². The van der Waals surface area contributed by atoms with Crippen molar-refractivity contribution in [2.24, 2.45) is 11.8 Å². The fraction of sp³-hybridized carbons (Fsp3) is 0.909. The van der Waals surface area contributed by atoms with Crippen LogP contribution in [-0.4, -0.2) is 25.0 Å². The minimum Gasteiger partial charge on any atom is -0.305 e. The molecule has 0 rings (SSSR count). The smallest absolute Gasteiger partial charge is 0.0666 e. The van der Waals surface area contributed by atoms with Crippen LogP contribution in [0, 0.1) is 23.2 Å². The largest absolute Gasteiger partial charge is 0.305 e. The van der Waals surface area contributed by atoms with Crippen LogP contribution in [0.1, 0.15) is 33.6 Å². The van der Waals surface area contributed by atoms with E-state index in [1.165, 1.54) is 12.8 Å². The summed E-state index contributed by atoms with van der Waals surface area (Å²) in [5.74, 6) is 0.950. The van der Waals surface area contributed by atoms with Gasteiger partial charge in [-0.3, -0.25) is 0 Å². The van der Waals surface area contributed by atoms with Gasteiger partial charge in [0.1, 0.15) is 0 Å². The maximum absolute atomic E-state index is 8.62. The van der Waals surface area contributed by atoms with E-state index in [2.05, 4.69) is 31.9 Å². The highest BCUT2D eigenvalue weighted by atomic mass is 15.1. The van der Waals surface area contributed by atoms with Gasteiger partial charge in [-0.1, -0.05) is 13.8 Å². The molecule has 1 unspecified atom stereocenters. The van der Waals surface area contributed by atoms with Gasteiger partial charge >= 0.3 is 0 Å². The summed E-state index contributed by atoms with van der Waals surface area (Å²) in [6, 6.07) is 2.25. The molecule has 0 aliphatic rings. The first kappa shape index (κ1) is 12.4. The van der Waals surface area contributed by atoms with E-state index in [9.17, 15) is 0 Å². The van der Waals surface area contributed by atoms with Crippen LogP contribution in [0.4, 0.5) is 0 Å². The summed E-state index contributed by atoms with van der Waals surface area (Å²) in [6.45, 7) is 8.48. The molecule has 0 aliphatic carbocycles. The van der Waals surface area contributed by atoms with Gasteiger partial charge < -0.3 is 4.90 Å². The highest BCUT2D eigenvalue weighted by molar-refractivity contribution is 4.80. The second-order valence-corrected chi connectivity index (χ2v) is 4.33. The highest BCUT2D eigenvalue weighted by Crippen LogP contribution is 2.05. The van der Waals surface area contributed by atoms with Gasteiger partial charge in [0, 0.05) is 6.54 Å². The lowest BCUT2D eigenvalue weighted by Gasteiger charge is -2.17. The quantitative estimate of drug-likeness (QED) is 0.631. The van der Waals surface area contributed by atoms with Crippen LogP contribution in [0.25, 0.3) is 0 Å². The van der Waals surface area contributed by atoms with Crippen molar-refractivity contribution in [2.45, 2.75) is 33.6 Å². The second kappa shape index (κ2) is 6.91. The Bertz CT molecular complexity index is 158. The highest BCUT2D eigenvalue weighted by Gasteiger charge is 2.04. The predicted octanol–water partition coefficient (Wildman–Crippen LogP) is 2.51. The molecule has 0 saturated carbocycles. The Hall–Kier alpha value is -0.550. The van der Waals surface area contributed by atoms with E-state index in [0.29, 0.717) is 0 Å². The van der Waals surface area contributed by atoms with Gasteiger partial charge in [-0.2, -0.15) is 5.26 Å². The van der Waals surface area contributed by atoms with Gasteiger partial charge in [-0.15, -0.1) is 0 Å². The number of hydrogen-bond acceptors (Lipinski definition) is 2. The van der Waals surface area contributed by atoms with Crippen molar-refractivity contribution in [1.29, 1.82) is 5.26 Å². The average molecular weight is 182 g/mol. The second-order valence-electron chi connectivity index (χ2n) is 4.33. The molecule has 2 nitrogen and oxygen atoms in total. The third-order valence-electron chi connectivity index (χ3n) is 2.13. The predicted molar refractivity (Wildman–Crippen MR) is 56.3 cm³/mol. The lowest BCUT2D eigenvalue weighted by Crippen LogP contribution is -2.25.